The van der Waals surface area contributed by atoms with Gasteiger partial charge in [0.2, 0.25) is 5.91 Å². The molecule has 0 bridgehead atoms. The monoisotopic (exact) mass is 479 g/mol. The SMILES string of the molecule is CC(N=[N+]=[N-])[C@H](NC(=O)[C@H](C(C)C)N(C)C(=O)OCC1c2ccccc2-c2ccccc21)C(=O)O. The number of carboxylic acid groups (broad SMARTS) is 1. The molecule has 0 fully saturated rings. The van der Waals surface area contributed by atoms with Crippen LogP contribution in [0.15, 0.2) is 53.6 Å². The molecule has 2 amide bonds. The van der Waals surface area contributed by atoms with Gasteiger partial charge in [0.15, 0.2) is 0 Å². The molecule has 0 aliphatic heterocycles. The number of hydrogen-bond donors (Lipinski definition) is 2. The van der Waals surface area contributed by atoms with Crippen molar-refractivity contribution in [3.63, 3.8) is 0 Å². The van der Waals surface area contributed by atoms with E-state index in [-0.39, 0.29) is 18.4 Å². The number of carboxylic acids is 1. The summed E-state index contributed by atoms with van der Waals surface area (Å²) in [6.07, 6.45) is -0.698. The second-order valence-electron chi connectivity index (χ2n) is 8.87. The molecule has 10 heteroatoms. The van der Waals surface area contributed by atoms with Crippen LogP contribution in [0.3, 0.4) is 0 Å². The molecule has 1 unspecified atom stereocenters. The fourth-order valence-electron chi connectivity index (χ4n) is 4.51. The summed E-state index contributed by atoms with van der Waals surface area (Å²) in [7, 11) is 1.44. The number of nitrogens with one attached hydrogen (secondary N) is 1. The van der Waals surface area contributed by atoms with E-state index < -0.39 is 36.1 Å². The van der Waals surface area contributed by atoms with Gasteiger partial charge in [0.25, 0.3) is 0 Å². The van der Waals surface area contributed by atoms with E-state index in [1.54, 1.807) is 13.8 Å². The molecule has 0 spiro atoms. The Hall–Kier alpha value is -4.04. The molecule has 0 aromatic heterocycles. The van der Waals surface area contributed by atoms with Gasteiger partial charge < -0.3 is 15.2 Å². The zero-order chi connectivity index (χ0) is 25.7. The van der Waals surface area contributed by atoms with Gasteiger partial charge in [-0.3, -0.25) is 9.69 Å². The zero-order valence-corrected chi connectivity index (χ0v) is 20.1. The molecule has 2 aromatic carbocycles. The summed E-state index contributed by atoms with van der Waals surface area (Å²) < 4.78 is 5.65. The molecular weight excluding hydrogens is 450 g/mol. The molecule has 0 heterocycles. The van der Waals surface area contributed by atoms with E-state index in [1.807, 2.05) is 48.5 Å². The summed E-state index contributed by atoms with van der Waals surface area (Å²) in [6.45, 7) is 4.96. The van der Waals surface area contributed by atoms with Crippen molar-refractivity contribution in [2.75, 3.05) is 13.7 Å². The number of fused-ring (bicyclic) bond motifs is 3. The Morgan fingerprint density at radius 1 is 1.09 bits per heavy atom. The lowest BCUT2D eigenvalue weighted by atomic mass is 9.98. The highest BCUT2D eigenvalue weighted by Gasteiger charge is 2.36. The topological polar surface area (TPSA) is 145 Å². The predicted octanol–water partition coefficient (Wildman–Crippen LogP) is 4.16. The van der Waals surface area contributed by atoms with Crippen LogP contribution in [0.1, 0.15) is 37.8 Å². The first-order valence-electron chi connectivity index (χ1n) is 11.3. The van der Waals surface area contributed by atoms with Crippen molar-refractivity contribution in [3.05, 3.63) is 70.1 Å². The number of hydrogen-bond acceptors (Lipinski definition) is 5. The lowest BCUT2D eigenvalue weighted by molar-refractivity contribution is -0.143. The minimum absolute atomic E-state index is 0.0926. The first-order chi connectivity index (χ1) is 16.7. The van der Waals surface area contributed by atoms with Crippen LogP contribution in [-0.2, 0) is 14.3 Å². The van der Waals surface area contributed by atoms with Crippen molar-refractivity contribution >= 4 is 18.0 Å². The summed E-state index contributed by atoms with van der Waals surface area (Å²) >= 11 is 0. The largest absolute Gasteiger partial charge is 0.480 e. The maximum Gasteiger partial charge on any atom is 0.410 e. The molecule has 0 radical (unpaired) electrons. The Kier molecular flexibility index (Phi) is 7.98. The molecule has 1 aliphatic rings. The van der Waals surface area contributed by atoms with Crippen molar-refractivity contribution in [1.82, 2.24) is 10.2 Å². The molecule has 35 heavy (non-hydrogen) atoms. The molecule has 1 aliphatic carbocycles. The normalized spacial score (nSPS) is 14.7. The second-order valence-corrected chi connectivity index (χ2v) is 8.87. The number of ether oxygens (including phenoxy) is 1. The van der Waals surface area contributed by atoms with E-state index in [1.165, 1.54) is 18.9 Å². The van der Waals surface area contributed by atoms with Crippen LogP contribution < -0.4 is 5.32 Å². The maximum atomic E-state index is 13.0. The van der Waals surface area contributed by atoms with E-state index >= 15 is 0 Å². The van der Waals surface area contributed by atoms with Crippen LogP contribution in [0.5, 0.6) is 0 Å². The summed E-state index contributed by atoms with van der Waals surface area (Å²) in [5.41, 5.74) is 13.0. The third-order valence-electron chi connectivity index (χ3n) is 6.22. The molecule has 184 valence electrons. The van der Waals surface area contributed by atoms with Gasteiger partial charge in [-0.1, -0.05) is 74.4 Å². The van der Waals surface area contributed by atoms with Gasteiger partial charge >= 0.3 is 12.1 Å². The number of rotatable bonds is 9. The Balaban J connectivity index is 1.73. The van der Waals surface area contributed by atoms with Gasteiger partial charge in [0.1, 0.15) is 18.7 Å². The number of amides is 2. The average Bonchev–Trinajstić information content (AvgIpc) is 3.14. The first-order valence-corrected chi connectivity index (χ1v) is 11.3. The van der Waals surface area contributed by atoms with Gasteiger partial charge in [0.05, 0.1) is 6.04 Å². The van der Waals surface area contributed by atoms with Crippen LogP contribution in [0, 0.1) is 5.92 Å². The molecule has 3 atom stereocenters. The molecule has 2 N–H and O–H groups in total. The standard InChI is InChI=1S/C25H29N5O5/c1-14(2)22(23(31)27-21(24(32)33)15(3)28-29-26)30(4)25(34)35-13-20-18-11-7-5-9-16(18)17-10-6-8-12-19(17)20/h5-12,14-15,20-22H,13H2,1-4H3,(H,27,31)(H,32,33)/t15?,21-,22-/m0/s1. The molecular formula is C25H29N5O5. The van der Waals surface area contributed by atoms with Crippen molar-refractivity contribution in [2.45, 2.75) is 44.8 Å². The van der Waals surface area contributed by atoms with Gasteiger partial charge in [-0.15, -0.1) is 0 Å². The van der Waals surface area contributed by atoms with E-state index in [0.29, 0.717) is 0 Å². The van der Waals surface area contributed by atoms with Crippen LogP contribution in [0.2, 0.25) is 0 Å². The highest BCUT2D eigenvalue weighted by Crippen LogP contribution is 2.44. The Bertz CT molecular complexity index is 1110. The third kappa shape index (κ3) is 5.38. The Labute approximate surface area is 203 Å². The van der Waals surface area contributed by atoms with Gasteiger partial charge in [0, 0.05) is 17.9 Å². The smallest absolute Gasteiger partial charge is 0.410 e. The van der Waals surface area contributed by atoms with Gasteiger partial charge in [-0.05, 0) is 33.7 Å². The summed E-state index contributed by atoms with van der Waals surface area (Å²) in [4.78, 5) is 41.3. The van der Waals surface area contributed by atoms with Crippen molar-refractivity contribution in [2.24, 2.45) is 11.0 Å². The number of carbonyl (C=O) groups excluding carboxylic acids is 2. The number of aliphatic carboxylic acids is 1. The second kappa shape index (κ2) is 10.9. The number of azide groups is 1. The van der Waals surface area contributed by atoms with E-state index in [2.05, 4.69) is 15.3 Å². The van der Waals surface area contributed by atoms with Crippen molar-refractivity contribution in [1.29, 1.82) is 0 Å². The average molecular weight is 480 g/mol. The maximum absolute atomic E-state index is 13.0. The minimum atomic E-state index is -1.43. The van der Waals surface area contributed by atoms with Crippen LogP contribution in [0.4, 0.5) is 4.79 Å². The molecule has 3 rings (SSSR count). The summed E-state index contributed by atoms with van der Waals surface area (Å²) in [5.74, 6) is -2.50. The van der Waals surface area contributed by atoms with Crippen molar-refractivity contribution < 1.29 is 24.2 Å². The summed E-state index contributed by atoms with van der Waals surface area (Å²) in [6, 6.07) is 12.5. The van der Waals surface area contributed by atoms with Gasteiger partial charge in [-0.2, -0.15) is 0 Å². The fraction of sp³-hybridized carbons (Fsp3) is 0.400. The number of likely N-dealkylation sites (N-methyl/N-ethyl adjacent to an activating group) is 1. The molecule has 2 aromatic rings. The molecule has 0 saturated carbocycles. The van der Waals surface area contributed by atoms with E-state index in [4.69, 9.17) is 10.3 Å². The quantitative estimate of drug-likeness (QED) is 0.315. The van der Waals surface area contributed by atoms with Crippen LogP contribution >= 0.6 is 0 Å². The van der Waals surface area contributed by atoms with Gasteiger partial charge in [-0.25, -0.2) is 9.59 Å². The Morgan fingerprint density at radius 3 is 2.11 bits per heavy atom. The zero-order valence-electron chi connectivity index (χ0n) is 20.1. The van der Waals surface area contributed by atoms with Crippen LogP contribution in [-0.4, -0.2) is 59.8 Å². The third-order valence-corrected chi connectivity index (χ3v) is 6.22. The fourth-order valence-corrected chi connectivity index (χ4v) is 4.51. The predicted molar refractivity (Wildman–Crippen MR) is 130 cm³/mol. The number of nitrogens with zero attached hydrogens (tertiary/aromatic N) is 4. The molecule has 10 nitrogen and oxygen atoms in total. The van der Waals surface area contributed by atoms with E-state index in [9.17, 15) is 19.5 Å². The van der Waals surface area contributed by atoms with Crippen molar-refractivity contribution in [3.8, 4) is 11.1 Å². The number of carbonyl (C=O) groups is 3. The van der Waals surface area contributed by atoms with Crippen LogP contribution in [0.25, 0.3) is 21.6 Å². The first kappa shape index (κ1) is 25.6. The minimum Gasteiger partial charge on any atom is -0.480 e. The highest BCUT2D eigenvalue weighted by atomic mass is 16.6. The summed E-state index contributed by atoms with van der Waals surface area (Å²) in [5, 5.41) is 15.2. The highest BCUT2D eigenvalue weighted by molar-refractivity contribution is 5.89. The lowest BCUT2D eigenvalue weighted by Crippen LogP contribution is -2.56. The molecule has 0 saturated heterocycles. The van der Waals surface area contributed by atoms with E-state index in [0.717, 1.165) is 22.3 Å². The lowest BCUT2D eigenvalue weighted by Gasteiger charge is -2.31. The number of benzene rings is 2. The Morgan fingerprint density at radius 2 is 1.63 bits per heavy atom.